The molecule has 0 atom stereocenters. The average Bonchev–Trinajstić information content (AvgIpc) is 2.93. The summed E-state index contributed by atoms with van der Waals surface area (Å²) < 4.78 is 60.4. The summed E-state index contributed by atoms with van der Waals surface area (Å²) >= 11 is 0. The standard InChI is InChI=1S/C30H20F4N4O3/c31-18-2-4-19(5-3-18)37-29(39)15-30(40)38-20-6-8-28(25(34)13-20)41-27-9-10-35-26-14-21(36-16-22(26)27)11-17-1-7-23(32)24(33)12-17/h1-10,12-14,16H,11,15H2,(H,37,39)(H,38,40). The van der Waals surface area contributed by atoms with Crippen LogP contribution >= 0.6 is 0 Å². The molecule has 2 aromatic heterocycles. The molecular weight excluding hydrogens is 540 g/mol. The Balaban J connectivity index is 1.23. The monoisotopic (exact) mass is 560 g/mol. The van der Waals surface area contributed by atoms with E-state index in [2.05, 4.69) is 20.6 Å². The number of anilines is 2. The fourth-order valence-corrected chi connectivity index (χ4v) is 3.97. The molecule has 41 heavy (non-hydrogen) atoms. The highest BCUT2D eigenvalue weighted by atomic mass is 19.2. The van der Waals surface area contributed by atoms with E-state index in [1.165, 1.54) is 60.9 Å². The molecule has 2 amide bonds. The molecule has 5 rings (SSSR count). The van der Waals surface area contributed by atoms with Crippen LogP contribution in [-0.4, -0.2) is 21.8 Å². The van der Waals surface area contributed by atoms with Crippen LogP contribution in [0.15, 0.2) is 85.2 Å². The Bertz CT molecular complexity index is 1760. The van der Waals surface area contributed by atoms with Gasteiger partial charge in [-0.25, -0.2) is 17.6 Å². The van der Waals surface area contributed by atoms with E-state index < -0.39 is 41.5 Å². The Morgan fingerprint density at radius 3 is 2.17 bits per heavy atom. The highest BCUT2D eigenvalue weighted by molar-refractivity contribution is 6.08. The highest BCUT2D eigenvalue weighted by Gasteiger charge is 2.14. The predicted molar refractivity (Wildman–Crippen MR) is 143 cm³/mol. The lowest BCUT2D eigenvalue weighted by Crippen LogP contribution is -2.21. The molecule has 0 aliphatic carbocycles. The summed E-state index contributed by atoms with van der Waals surface area (Å²) in [6, 6.07) is 15.7. The molecule has 2 heterocycles. The van der Waals surface area contributed by atoms with E-state index in [-0.39, 0.29) is 23.6 Å². The minimum atomic E-state index is -0.947. The summed E-state index contributed by atoms with van der Waals surface area (Å²) in [5.41, 5.74) is 2.03. The second-order valence-corrected chi connectivity index (χ2v) is 8.95. The number of ether oxygens (including phenoxy) is 1. The predicted octanol–water partition coefficient (Wildman–Crippen LogP) is 6.54. The number of pyridine rings is 2. The molecule has 0 fully saturated rings. The molecular formula is C30H20F4N4O3. The van der Waals surface area contributed by atoms with Gasteiger partial charge in [-0.3, -0.25) is 19.6 Å². The summed E-state index contributed by atoms with van der Waals surface area (Å²) in [5.74, 6) is -4.27. The third-order valence-corrected chi connectivity index (χ3v) is 5.90. The lowest BCUT2D eigenvalue weighted by atomic mass is 10.1. The van der Waals surface area contributed by atoms with Gasteiger partial charge in [-0.2, -0.15) is 0 Å². The molecule has 7 nitrogen and oxygen atoms in total. The topological polar surface area (TPSA) is 93.2 Å². The first-order valence-corrected chi connectivity index (χ1v) is 12.2. The van der Waals surface area contributed by atoms with Crippen LogP contribution in [0.25, 0.3) is 10.9 Å². The first-order chi connectivity index (χ1) is 19.7. The second kappa shape index (κ2) is 11.8. The number of fused-ring (bicyclic) bond motifs is 1. The van der Waals surface area contributed by atoms with Crippen LogP contribution in [0.2, 0.25) is 0 Å². The van der Waals surface area contributed by atoms with Gasteiger partial charge in [0.05, 0.1) is 10.9 Å². The van der Waals surface area contributed by atoms with Crippen molar-refractivity contribution in [2.45, 2.75) is 12.8 Å². The number of carbonyl (C=O) groups excluding carboxylic acids is 2. The lowest BCUT2D eigenvalue weighted by Gasteiger charge is -2.12. The summed E-state index contributed by atoms with van der Waals surface area (Å²) in [6.07, 6.45) is 2.68. The Hall–Kier alpha value is -5.32. The van der Waals surface area contributed by atoms with E-state index in [9.17, 15) is 27.2 Å². The normalized spacial score (nSPS) is 10.8. The van der Waals surface area contributed by atoms with Crippen molar-refractivity contribution in [3.05, 3.63) is 120 Å². The zero-order valence-corrected chi connectivity index (χ0v) is 21.1. The van der Waals surface area contributed by atoms with Crippen LogP contribution in [0, 0.1) is 23.3 Å². The fourth-order valence-electron chi connectivity index (χ4n) is 3.97. The van der Waals surface area contributed by atoms with Crippen LogP contribution in [0.4, 0.5) is 28.9 Å². The minimum Gasteiger partial charge on any atom is -0.453 e. The zero-order chi connectivity index (χ0) is 28.9. The second-order valence-electron chi connectivity index (χ2n) is 8.95. The number of nitrogens with one attached hydrogen (secondary N) is 2. The number of nitrogens with zero attached hydrogens (tertiary/aromatic N) is 2. The summed E-state index contributed by atoms with van der Waals surface area (Å²) in [7, 11) is 0. The van der Waals surface area contributed by atoms with Crippen molar-refractivity contribution >= 4 is 34.1 Å². The van der Waals surface area contributed by atoms with Crippen LogP contribution in [0.3, 0.4) is 0 Å². The number of hydrogen-bond donors (Lipinski definition) is 2. The molecule has 0 spiro atoms. The summed E-state index contributed by atoms with van der Waals surface area (Å²) in [4.78, 5) is 33.0. The van der Waals surface area contributed by atoms with E-state index in [4.69, 9.17) is 4.74 Å². The lowest BCUT2D eigenvalue weighted by molar-refractivity contribution is -0.123. The van der Waals surface area contributed by atoms with Crippen LogP contribution < -0.4 is 15.4 Å². The van der Waals surface area contributed by atoms with Gasteiger partial charge >= 0.3 is 0 Å². The first-order valence-electron chi connectivity index (χ1n) is 12.2. The van der Waals surface area contributed by atoms with Crippen LogP contribution in [-0.2, 0) is 16.0 Å². The maximum Gasteiger partial charge on any atom is 0.233 e. The zero-order valence-electron chi connectivity index (χ0n) is 21.1. The number of rotatable bonds is 8. The van der Waals surface area contributed by atoms with Gasteiger partial charge in [0.1, 0.15) is 18.0 Å². The SMILES string of the molecule is O=C(CC(=O)Nc1ccc(Oc2ccnc3cc(Cc4ccc(F)c(F)c4)ncc23)c(F)c1)Nc1ccc(F)cc1. The van der Waals surface area contributed by atoms with Crippen molar-refractivity contribution in [2.24, 2.45) is 0 Å². The molecule has 0 aliphatic rings. The molecule has 0 saturated heterocycles. The number of carbonyl (C=O) groups is 2. The van der Waals surface area contributed by atoms with Crippen molar-refractivity contribution in [3.8, 4) is 11.5 Å². The van der Waals surface area contributed by atoms with Gasteiger partial charge in [0, 0.05) is 41.9 Å². The molecule has 0 saturated carbocycles. The molecule has 0 bridgehead atoms. The van der Waals surface area contributed by atoms with E-state index in [1.807, 2.05) is 0 Å². The molecule has 2 N–H and O–H groups in total. The maximum atomic E-state index is 14.9. The van der Waals surface area contributed by atoms with Crippen molar-refractivity contribution in [1.29, 1.82) is 0 Å². The van der Waals surface area contributed by atoms with E-state index >= 15 is 0 Å². The van der Waals surface area contributed by atoms with Gasteiger partial charge < -0.3 is 15.4 Å². The molecule has 0 aliphatic heterocycles. The van der Waals surface area contributed by atoms with Crippen molar-refractivity contribution < 1.29 is 31.9 Å². The van der Waals surface area contributed by atoms with E-state index in [1.54, 1.807) is 6.07 Å². The highest BCUT2D eigenvalue weighted by Crippen LogP contribution is 2.31. The van der Waals surface area contributed by atoms with E-state index in [0.29, 0.717) is 27.8 Å². The largest absolute Gasteiger partial charge is 0.453 e. The van der Waals surface area contributed by atoms with Gasteiger partial charge in [0.2, 0.25) is 11.8 Å². The summed E-state index contributed by atoms with van der Waals surface area (Å²) in [6.45, 7) is 0. The van der Waals surface area contributed by atoms with Crippen LogP contribution in [0.1, 0.15) is 17.7 Å². The number of hydrogen-bond acceptors (Lipinski definition) is 5. The third kappa shape index (κ3) is 6.82. The third-order valence-electron chi connectivity index (χ3n) is 5.90. The molecule has 0 unspecified atom stereocenters. The Morgan fingerprint density at radius 1 is 0.707 bits per heavy atom. The number of aromatic nitrogens is 2. The molecule has 206 valence electrons. The van der Waals surface area contributed by atoms with E-state index in [0.717, 1.165) is 18.2 Å². The van der Waals surface area contributed by atoms with Gasteiger partial charge in [-0.15, -0.1) is 0 Å². The number of halogens is 4. The fraction of sp³-hybridized carbons (Fsp3) is 0.0667. The minimum absolute atomic E-state index is 0.109. The summed E-state index contributed by atoms with van der Waals surface area (Å²) in [5, 5.41) is 5.40. The van der Waals surface area contributed by atoms with Crippen molar-refractivity contribution in [2.75, 3.05) is 10.6 Å². The molecule has 0 radical (unpaired) electrons. The Morgan fingerprint density at radius 2 is 1.44 bits per heavy atom. The Kier molecular flexibility index (Phi) is 7.86. The van der Waals surface area contributed by atoms with Gasteiger partial charge in [-0.05, 0) is 66.2 Å². The van der Waals surface area contributed by atoms with Crippen molar-refractivity contribution in [3.63, 3.8) is 0 Å². The average molecular weight is 561 g/mol. The van der Waals surface area contributed by atoms with Gasteiger partial charge in [0.15, 0.2) is 23.2 Å². The smallest absolute Gasteiger partial charge is 0.233 e. The quantitative estimate of drug-likeness (QED) is 0.166. The van der Waals surface area contributed by atoms with Crippen LogP contribution in [0.5, 0.6) is 11.5 Å². The Labute approximate surface area is 230 Å². The van der Waals surface area contributed by atoms with Gasteiger partial charge in [0.25, 0.3) is 0 Å². The molecule has 3 aromatic carbocycles. The van der Waals surface area contributed by atoms with Gasteiger partial charge in [-0.1, -0.05) is 6.07 Å². The maximum absolute atomic E-state index is 14.9. The molecule has 11 heteroatoms. The molecule has 5 aromatic rings. The first kappa shape index (κ1) is 27.3. The van der Waals surface area contributed by atoms with Crippen molar-refractivity contribution in [1.82, 2.24) is 9.97 Å². The number of benzene rings is 3. The number of amides is 2.